The van der Waals surface area contributed by atoms with E-state index in [1.165, 1.54) is 0 Å². The van der Waals surface area contributed by atoms with Crippen LogP contribution in [0, 0.1) is 0 Å². The Bertz CT molecular complexity index is 552. The van der Waals surface area contributed by atoms with Gasteiger partial charge in [-0.1, -0.05) is 22.9 Å². The monoisotopic (exact) mass is 336 g/mol. The van der Waals surface area contributed by atoms with Crippen LogP contribution in [0.4, 0.5) is 0 Å². The first kappa shape index (κ1) is 14.9. The molecule has 0 radical (unpaired) electrons. The molecule has 0 spiro atoms. The summed E-state index contributed by atoms with van der Waals surface area (Å²) < 4.78 is 12.2. The molecule has 106 valence electrons. The number of benzene rings is 2. The summed E-state index contributed by atoms with van der Waals surface area (Å²) in [7, 11) is 0. The molecule has 0 bridgehead atoms. The molecule has 0 aliphatic carbocycles. The lowest BCUT2D eigenvalue weighted by atomic mass is 10.2. The first-order chi connectivity index (χ1) is 9.72. The molecule has 2 aromatic carbocycles. The Balaban J connectivity index is 2.10. The van der Waals surface area contributed by atoms with Gasteiger partial charge in [0, 0.05) is 10.0 Å². The normalized spacial score (nSPS) is 10.3. The van der Waals surface area contributed by atoms with Crippen LogP contribution in [0.2, 0.25) is 0 Å². The summed E-state index contributed by atoms with van der Waals surface area (Å²) in [6, 6.07) is 13.0. The van der Waals surface area contributed by atoms with E-state index in [2.05, 4.69) is 22.9 Å². The SMILES string of the molecule is CCCOc1ccc(Oc2ccc(Br)cc2CO)cc1. The lowest BCUT2D eigenvalue weighted by Crippen LogP contribution is -1.95. The molecule has 0 aliphatic heterocycles. The van der Waals surface area contributed by atoms with Gasteiger partial charge in [-0.05, 0) is 48.9 Å². The number of hydrogen-bond acceptors (Lipinski definition) is 3. The summed E-state index contributed by atoms with van der Waals surface area (Å²) in [6.07, 6.45) is 0.983. The number of aliphatic hydroxyl groups excluding tert-OH is 1. The van der Waals surface area contributed by atoms with Crippen LogP contribution in [0.5, 0.6) is 17.2 Å². The molecule has 0 aromatic heterocycles. The van der Waals surface area contributed by atoms with Crippen molar-refractivity contribution < 1.29 is 14.6 Å². The average molecular weight is 337 g/mol. The summed E-state index contributed by atoms with van der Waals surface area (Å²) in [6.45, 7) is 2.72. The maximum atomic E-state index is 9.34. The molecule has 20 heavy (non-hydrogen) atoms. The minimum atomic E-state index is -0.0630. The van der Waals surface area contributed by atoms with Crippen molar-refractivity contribution in [1.29, 1.82) is 0 Å². The van der Waals surface area contributed by atoms with Crippen molar-refractivity contribution in [2.45, 2.75) is 20.0 Å². The van der Waals surface area contributed by atoms with E-state index >= 15 is 0 Å². The Kier molecular flexibility index (Phi) is 5.44. The highest BCUT2D eigenvalue weighted by Gasteiger charge is 2.05. The molecule has 0 amide bonds. The third kappa shape index (κ3) is 3.99. The number of hydrogen-bond donors (Lipinski definition) is 1. The fraction of sp³-hybridized carbons (Fsp3) is 0.250. The topological polar surface area (TPSA) is 38.7 Å². The van der Waals surface area contributed by atoms with Crippen LogP contribution in [-0.2, 0) is 6.61 Å². The number of halogens is 1. The largest absolute Gasteiger partial charge is 0.494 e. The van der Waals surface area contributed by atoms with Gasteiger partial charge < -0.3 is 14.6 Å². The van der Waals surface area contributed by atoms with Gasteiger partial charge in [0.25, 0.3) is 0 Å². The van der Waals surface area contributed by atoms with E-state index in [9.17, 15) is 5.11 Å². The summed E-state index contributed by atoms with van der Waals surface area (Å²) >= 11 is 3.37. The van der Waals surface area contributed by atoms with Crippen molar-refractivity contribution in [3.8, 4) is 17.2 Å². The third-order valence-corrected chi connectivity index (χ3v) is 3.21. The molecule has 2 rings (SSSR count). The molecule has 0 unspecified atom stereocenters. The Hall–Kier alpha value is -1.52. The quantitative estimate of drug-likeness (QED) is 0.842. The van der Waals surface area contributed by atoms with Gasteiger partial charge in [0.1, 0.15) is 17.2 Å². The smallest absolute Gasteiger partial charge is 0.133 e. The van der Waals surface area contributed by atoms with Crippen molar-refractivity contribution in [3.05, 3.63) is 52.5 Å². The number of aliphatic hydroxyl groups is 1. The first-order valence-corrected chi connectivity index (χ1v) is 7.32. The van der Waals surface area contributed by atoms with Crippen molar-refractivity contribution in [3.63, 3.8) is 0 Å². The fourth-order valence-corrected chi connectivity index (χ4v) is 2.13. The van der Waals surface area contributed by atoms with E-state index in [-0.39, 0.29) is 6.61 Å². The van der Waals surface area contributed by atoms with Gasteiger partial charge in [0.2, 0.25) is 0 Å². The molecule has 0 heterocycles. The lowest BCUT2D eigenvalue weighted by Gasteiger charge is -2.11. The predicted molar refractivity (Wildman–Crippen MR) is 82.4 cm³/mol. The first-order valence-electron chi connectivity index (χ1n) is 6.53. The van der Waals surface area contributed by atoms with E-state index < -0.39 is 0 Å². The van der Waals surface area contributed by atoms with E-state index in [1.807, 2.05) is 42.5 Å². The van der Waals surface area contributed by atoms with Gasteiger partial charge in [0.15, 0.2) is 0 Å². The molecule has 2 aromatic rings. The highest BCUT2D eigenvalue weighted by Crippen LogP contribution is 2.29. The van der Waals surface area contributed by atoms with Crippen LogP contribution >= 0.6 is 15.9 Å². The zero-order valence-electron chi connectivity index (χ0n) is 11.3. The molecule has 0 aliphatic rings. The van der Waals surface area contributed by atoms with Gasteiger partial charge in [-0.15, -0.1) is 0 Å². The van der Waals surface area contributed by atoms with Crippen LogP contribution in [0.25, 0.3) is 0 Å². The fourth-order valence-electron chi connectivity index (χ4n) is 1.72. The Labute approximate surface area is 127 Å². The zero-order valence-corrected chi connectivity index (χ0v) is 12.9. The van der Waals surface area contributed by atoms with Crippen molar-refractivity contribution in [1.82, 2.24) is 0 Å². The Morgan fingerprint density at radius 2 is 1.75 bits per heavy atom. The Morgan fingerprint density at radius 1 is 1.05 bits per heavy atom. The lowest BCUT2D eigenvalue weighted by molar-refractivity contribution is 0.276. The van der Waals surface area contributed by atoms with E-state index in [0.29, 0.717) is 18.1 Å². The summed E-state index contributed by atoms with van der Waals surface area (Å²) in [5, 5.41) is 9.34. The van der Waals surface area contributed by atoms with Gasteiger partial charge in [0.05, 0.1) is 13.2 Å². The standard InChI is InChI=1S/C16H17BrO3/c1-2-9-19-14-4-6-15(7-5-14)20-16-8-3-13(17)10-12(16)11-18/h3-8,10,18H,2,9,11H2,1H3. The maximum absolute atomic E-state index is 9.34. The second-order valence-electron chi connectivity index (χ2n) is 4.33. The Morgan fingerprint density at radius 3 is 2.40 bits per heavy atom. The van der Waals surface area contributed by atoms with Crippen molar-refractivity contribution in [2.24, 2.45) is 0 Å². The van der Waals surface area contributed by atoms with Crippen LogP contribution < -0.4 is 9.47 Å². The van der Waals surface area contributed by atoms with Gasteiger partial charge in [-0.3, -0.25) is 0 Å². The number of ether oxygens (including phenoxy) is 2. The summed E-state index contributed by atoms with van der Waals surface area (Å²) in [5.41, 5.74) is 0.741. The van der Waals surface area contributed by atoms with Crippen molar-refractivity contribution in [2.75, 3.05) is 6.61 Å². The summed E-state index contributed by atoms with van der Waals surface area (Å²) in [5.74, 6) is 2.20. The second-order valence-corrected chi connectivity index (χ2v) is 5.25. The molecule has 0 saturated heterocycles. The molecule has 1 N–H and O–H groups in total. The summed E-state index contributed by atoms with van der Waals surface area (Å²) in [4.78, 5) is 0. The van der Waals surface area contributed by atoms with Crippen LogP contribution in [0.1, 0.15) is 18.9 Å². The average Bonchev–Trinajstić information content (AvgIpc) is 2.48. The van der Waals surface area contributed by atoms with E-state index in [1.54, 1.807) is 0 Å². The van der Waals surface area contributed by atoms with Crippen LogP contribution in [0.3, 0.4) is 0 Å². The molecular formula is C16H17BrO3. The molecule has 3 nitrogen and oxygen atoms in total. The third-order valence-electron chi connectivity index (χ3n) is 2.72. The molecule has 0 atom stereocenters. The predicted octanol–water partition coefficient (Wildman–Crippen LogP) is 4.52. The minimum absolute atomic E-state index is 0.0630. The molecule has 0 saturated carbocycles. The van der Waals surface area contributed by atoms with Crippen molar-refractivity contribution >= 4 is 15.9 Å². The number of rotatable bonds is 6. The minimum Gasteiger partial charge on any atom is -0.494 e. The van der Waals surface area contributed by atoms with E-state index in [0.717, 1.165) is 22.2 Å². The highest BCUT2D eigenvalue weighted by atomic mass is 79.9. The van der Waals surface area contributed by atoms with Gasteiger partial charge >= 0.3 is 0 Å². The highest BCUT2D eigenvalue weighted by molar-refractivity contribution is 9.10. The van der Waals surface area contributed by atoms with Crippen LogP contribution in [0.15, 0.2) is 46.9 Å². The van der Waals surface area contributed by atoms with Gasteiger partial charge in [-0.2, -0.15) is 0 Å². The zero-order chi connectivity index (χ0) is 14.4. The van der Waals surface area contributed by atoms with Crippen LogP contribution in [-0.4, -0.2) is 11.7 Å². The van der Waals surface area contributed by atoms with E-state index in [4.69, 9.17) is 9.47 Å². The second kappa shape index (κ2) is 7.31. The molecule has 4 heteroatoms. The maximum Gasteiger partial charge on any atom is 0.133 e. The molecule has 0 fully saturated rings. The molecular weight excluding hydrogens is 320 g/mol. The van der Waals surface area contributed by atoms with Gasteiger partial charge in [-0.25, -0.2) is 0 Å².